The Kier molecular flexibility index (Phi) is 5.61. The number of urea groups is 1. The number of nitrogens with one attached hydrogen (secondary N) is 1. The average Bonchev–Trinajstić information content (AvgIpc) is 3.38. The predicted molar refractivity (Wildman–Crippen MR) is 115 cm³/mol. The van der Waals surface area contributed by atoms with Gasteiger partial charge in [-0.15, -0.1) is 0 Å². The van der Waals surface area contributed by atoms with Crippen LogP contribution in [0.3, 0.4) is 0 Å². The number of amides is 3. The predicted octanol–water partition coefficient (Wildman–Crippen LogP) is 3.74. The molecule has 1 fully saturated rings. The number of furan rings is 1. The number of nitrogens with zero attached hydrogens (tertiary/aromatic N) is 3. The smallest absolute Gasteiger partial charge is 0.321 e. The minimum absolute atomic E-state index is 0.0110. The molecule has 3 aromatic rings. The summed E-state index contributed by atoms with van der Waals surface area (Å²) in [5.41, 5.74) is 3.43. The summed E-state index contributed by atoms with van der Waals surface area (Å²) < 4.78 is 7.54. The van der Waals surface area contributed by atoms with Gasteiger partial charge in [-0.05, 0) is 44.2 Å². The molecule has 3 heterocycles. The van der Waals surface area contributed by atoms with Gasteiger partial charge in [0.05, 0.1) is 18.4 Å². The molecule has 0 spiro atoms. The average molecular weight is 406 g/mol. The lowest BCUT2D eigenvalue weighted by atomic mass is 10.2. The van der Waals surface area contributed by atoms with Crippen LogP contribution in [0.25, 0.3) is 0 Å². The van der Waals surface area contributed by atoms with Gasteiger partial charge in [-0.25, -0.2) is 4.79 Å². The molecule has 0 aliphatic carbocycles. The number of aromatic nitrogens is 1. The largest absolute Gasteiger partial charge is 0.467 e. The highest BCUT2D eigenvalue weighted by Gasteiger charge is 2.27. The Morgan fingerprint density at radius 1 is 0.967 bits per heavy atom. The van der Waals surface area contributed by atoms with E-state index in [1.54, 1.807) is 11.2 Å². The fourth-order valence-electron chi connectivity index (χ4n) is 3.83. The lowest BCUT2D eigenvalue weighted by Gasteiger charge is -2.34. The molecule has 1 aliphatic rings. The van der Waals surface area contributed by atoms with Gasteiger partial charge in [0.1, 0.15) is 5.76 Å². The fraction of sp³-hybridized carbons (Fsp3) is 0.304. The minimum Gasteiger partial charge on any atom is -0.467 e. The first kappa shape index (κ1) is 19.8. The van der Waals surface area contributed by atoms with E-state index in [9.17, 15) is 9.59 Å². The summed E-state index contributed by atoms with van der Waals surface area (Å²) in [6.07, 6.45) is 1.66. The van der Waals surface area contributed by atoms with Gasteiger partial charge in [0.2, 0.25) is 0 Å². The van der Waals surface area contributed by atoms with Crippen molar-refractivity contribution in [1.82, 2.24) is 14.4 Å². The second-order valence-corrected chi connectivity index (χ2v) is 7.53. The first-order valence-electron chi connectivity index (χ1n) is 10.1. The number of benzene rings is 1. The number of carbonyl (C=O) groups is 2. The van der Waals surface area contributed by atoms with Gasteiger partial charge in [0, 0.05) is 43.3 Å². The molecular weight excluding hydrogens is 380 g/mol. The highest BCUT2D eigenvalue weighted by molar-refractivity contribution is 5.96. The summed E-state index contributed by atoms with van der Waals surface area (Å²) in [4.78, 5) is 29.2. The maximum atomic E-state index is 13.1. The summed E-state index contributed by atoms with van der Waals surface area (Å²) in [5.74, 6) is 0.866. The van der Waals surface area contributed by atoms with Crippen molar-refractivity contribution in [3.05, 3.63) is 77.5 Å². The van der Waals surface area contributed by atoms with Crippen LogP contribution in [0.2, 0.25) is 0 Å². The quantitative estimate of drug-likeness (QED) is 0.718. The monoisotopic (exact) mass is 406 g/mol. The number of piperazine rings is 1. The van der Waals surface area contributed by atoms with E-state index in [1.165, 1.54) is 0 Å². The molecule has 0 unspecified atom stereocenters. The van der Waals surface area contributed by atoms with Gasteiger partial charge < -0.3 is 24.1 Å². The maximum Gasteiger partial charge on any atom is 0.321 e. The van der Waals surface area contributed by atoms with Gasteiger partial charge in [-0.2, -0.15) is 0 Å². The molecule has 3 amide bonds. The van der Waals surface area contributed by atoms with Crippen molar-refractivity contribution in [2.45, 2.75) is 20.4 Å². The van der Waals surface area contributed by atoms with Crippen molar-refractivity contribution < 1.29 is 14.0 Å². The molecule has 1 N–H and O–H groups in total. The third-order valence-corrected chi connectivity index (χ3v) is 5.58. The van der Waals surface area contributed by atoms with Gasteiger partial charge in [0.25, 0.3) is 5.91 Å². The van der Waals surface area contributed by atoms with E-state index in [2.05, 4.69) is 9.88 Å². The van der Waals surface area contributed by atoms with Crippen LogP contribution >= 0.6 is 0 Å². The Hall–Kier alpha value is -3.48. The first-order valence-corrected chi connectivity index (χ1v) is 10.1. The number of hydrogen-bond acceptors (Lipinski definition) is 3. The zero-order valence-electron chi connectivity index (χ0n) is 17.3. The van der Waals surface area contributed by atoms with Gasteiger partial charge in [-0.3, -0.25) is 4.79 Å². The molecule has 7 nitrogen and oxygen atoms in total. The topological polar surface area (TPSA) is 70.7 Å². The van der Waals surface area contributed by atoms with Crippen molar-refractivity contribution in [3.8, 4) is 0 Å². The van der Waals surface area contributed by atoms with Crippen LogP contribution in [0.4, 0.5) is 10.5 Å². The molecule has 30 heavy (non-hydrogen) atoms. The zero-order chi connectivity index (χ0) is 21.1. The highest BCUT2D eigenvalue weighted by atomic mass is 16.3. The molecule has 1 saturated heterocycles. The van der Waals surface area contributed by atoms with Crippen LogP contribution < -0.4 is 5.32 Å². The van der Waals surface area contributed by atoms with E-state index in [4.69, 9.17) is 4.42 Å². The first-order chi connectivity index (χ1) is 14.5. The summed E-state index contributed by atoms with van der Waals surface area (Å²) >= 11 is 0. The van der Waals surface area contributed by atoms with E-state index < -0.39 is 0 Å². The number of carbonyl (C=O) groups excluding carboxylic acids is 2. The van der Waals surface area contributed by atoms with Crippen LogP contribution in [0.1, 0.15) is 27.5 Å². The maximum absolute atomic E-state index is 13.1. The fourth-order valence-corrected chi connectivity index (χ4v) is 3.83. The molecular formula is C23H26N4O3. The Labute approximate surface area is 175 Å². The van der Waals surface area contributed by atoms with Crippen LogP contribution in [-0.4, -0.2) is 52.5 Å². The molecule has 1 aliphatic heterocycles. The van der Waals surface area contributed by atoms with Crippen molar-refractivity contribution >= 4 is 17.6 Å². The number of anilines is 1. The third kappa shape index (κ3) is 4.10. The van der Waals surface area contributed by atoms with Crippen molar-refractivity contribution in [3.63, 3.8) is 0 Å². The molecule has 7 heteroatoms. The van der Waals surface area contributed by atoms with E-state index in [0.29, 0.717) is 38.3 Å². The Bertz CT molecular complexity index is 1020. The summed E-state index contributed by atoms with van der Waals surface area (Å²) in [5, 5.41) is 2.90. The molecule has 156 valence electrons. The van der Waals surface area contributed by atoms with E-state index in [0.717, 1.165) is 22.8 Å². The summed E-state index contributed by atoms with van der Waals surface area (Å²) in [7, 11) is 0. The molecule has 0 bridgehead atoms. The lowest BCUT2D eigenvalue weighted by Crippen LogP contribution is -2.51. The third-order valence-electron chi connectivity index (χ3n) is 5.58. The Morgan fingerprint density at radius 2 is 1.67 bits per heavy atom. The van der Waals surface area contributed by atoms with Crippen LogP contribution in [0, 0.1) is 13.8 Å². The second-order valence-electron chi connectivity index (χ2n) is 7.53. The molecule has 2 aromatic heterocycles. The van der Waals surface area contributed by atoms with Crippen molar-refractivity contribution in [1.29, 1.82) is 0 Å². The number of para-hydroxylation sites is 1. The standard InChI is InChI=1S/C23H26N4O3/c1-17-15-21(18(2)27(17)16-20-9-6-14-30-20)22(28)25-10-12-26(13-11-25)23(29)24-19-7-4-3-5-8-19/h3-9,14-15H,10-13,16H2,1-2H3,(H,24,29). The van der Waals surface area contributed by atoms with Gasteiger partial charge in [0.15, 0.2) is 0 Å². The Morgan fingerprint density at radius 3 is 2.33 bits per heavy atom. The highest BCUT2D eigenvalue weighted by Crippen LogP contribution is 2.20. The van der Waals surface area contributed by atoms with E-state index in [-0.39, 0.29) is 11.9 Å². The molecule has 0 radical (unpaired) electrons. The van der Waals surface area contributed by atoms with E-state index >= 15 is 0 Å². The normalized spacial score (nSPS) is 14.1. The van der Waals surface area contributed by atoms with Crippen LogP contribution in [0.15, 0.2) is 59.2 Å². The van der Waals surface area contributed by atoms with Crippen molar-refractivity contribution in [2.24, 2.45) is 0 Å². The number of rotatable bonds is 4. The van der Waals surface area contributed by atoms with E-state index in [1.807, 2.05) is 67.3 Å². The molecule has 0 saturated carbocycles. The molecule has 1 aromatic carbocycles. The Balaban J connectivity index is 1.38. The molecule has 4 rings (SSSR count). The summed E-state index contributed by atoms with van der Waals surface area (Å²) in [6, 6.07) is 15.0. The second kappa shape index (κ2) is 8.49. The zero-order valence-corrected chi connectivity index (χ0v) is 17.3. The summed E-state index contributed by atoms with van der Waals surface area (Å²) in [6.45, 7) is 6.62. The number of aryl methyl sites for hydroxylation is 1. The van der Waals surface area contributed by atoms with Crippen molar-refractivity contribution in [2.75, 3.05) is 31.5 Å². The van der Waals surface area contributed by atoms with Crippen LogP contribution in [-0.2, 0) is 6.54 Å². The van der Waals surface area contributed by atoms with Crippen LogP contribution in [0.5, 0.6) is 0 Å². The van der Waals surface area contributed by atoms with Gasteiger partial charge in [-0.1, -0.05) is 18.2 Å². The SMILES string of the molecule is Cc1cc(C(=O)N2CCN(C(=O)Nc3ccccc3)CC2)c(C)n1Cc1ccco1. The lowest BCUT2D eigenvalue weighted by molar-refractivity contribution is 0.0671. The van der Waals surface area contributed by atoms with Gasteiger partial charge >= 0.3 is 6.03 Å². The number of hydrogen-bond donors (Lipinski definition) is 1. The minimum atomic E-state index is -0.134. The molecule has 0 atom stereocenters.